The first-order chi connectivity index (χ1) is 13.7. The zero-order valence-corrected chi connectivity index (χ0v) is 15.4. The number of hydrogen-bond donors (Lipinski definition) is 0. The third-order valence-electron chi connectivity index (χ3n) is 4.67. The van der Waals surface area contributed by atoms with Gasteiger partial charge in [-0.05, 0) is 36.8 Å². The van der Waals surface area contributed by atoms with Crippen molar-refractivity contribution in [2.45, 2.75) is 25.7 Å². The Kier molecular flexibility index (Phi) is 5.25. The lowest BCUT2D eigenvalue weighted by molar-refractivity contribution is -0.0402. The second kappa shape index (κ2) is 7.98. The van der Waals surface area contributed by atoms with E-state index in [4.69, 9.17) is 14.2 Å². The van der Waals surface area contributed by atoms with E-state index in [1.807, 2.05) is 18.2 Å². The Labute approximate surface area is 161 Å². The Hall–Kier alpha value is -2.93. The van der Waals surface area contributed by atoms with E-state index in [9.17, 15) is 8.78 Å². The minimum Gasteiger partial charge on any atom is -0.493 e. The first-order valence-electron chi connectivity index (χ1n) is 9.07. The van der Waals surface area contributed by atoms with Crippen LogP contribution in [-0.2, 0) is 11.3 Å². The number of methoxy groups -OCH3 is 1. The van der Waals surface area contributed by atoms with Crippen LogP contribution in [0.3, 0.4) is 0 Å². The van der Waals surface area contributed by atoms with Crippen molar-refractivity contribution >= 4 is 0 Å². The second-order valence-corrected chi connectivity index (χ2v) is 6.51. The molecule has 0 spiro atoms. The summed E-state index contributed by atoms with van der Waals surface area (Å²) in [6.07, 6.45) is 3.11. The van der Waals surface area contributed by atoms with Gasteiger partial charge in [-0.2, -0.15) is 5.10 Å². The van der Waals surface area contributed by atoms with Gasteiger partial charge in [-0.3, -0.25) is 4.68 Å². The van der Waals surface area contributed by atoms with Gasteiger partial charge < -0.3 is 14.2 Å². The Balaban J connectivity index is 1.64. The van der Waals surface area contributed by atoms with Gasteiger partial charge in [0.2, 0.25) is 0 Å². The lowest BCUT2D eigenvalue weighted by Gasteiger charge is -2.17. The Morgan fingerprint density at radius 3 is 2.86 bits per heavy atom. The summed E-state index contributed by atoms with van der Waals surface area (Å²) in [6.45, 7) is 0.790. The lowest BCUT2D eigenvalue weighted by atomic mass is 10.1. The highest BCUT2D eigenvalue weighted by Crippen LogP contribution is 2.34. The third kappa shape index (κ3) is 3.71. The number of benzene rings is 2. The molecule has 2 aromatic carbocycles. The number of rotatable bonds is 6. The van der Waals surface area contributed by atoms with Crippen molar-refractivity contribution in [3.8, 4) is 22.8 Å². The summed E-state index contributed by atoms with van der Waals surface area (Å²) in [5.74, 6) is -0.568. The topological polar surface area (TPSA) is 45.5 Å². The number of hydrogen-bond acceptors (Lipinski definition) is 4. The maximum atomic E-state index is 14.1. The van der Waals surface area contributed by atoms with Crippen molar-refractivity contribution < 1.29 is 23.0 Å². The van der Waals surface area contributed by atoms with Gasteiger partial charge in [0.05, 0.1) is 26.0 Å². The molecular weight excluding hydrogens is 366 g/mol. The molecule has 1 aromatic heterocycles. The minimum atomic E-state index is -0.872. The molecule has 1 aliphatic rings. The molecule has 0 radical (unpaired) electrons. The second-order valence-electron chi connectivity index (χ2n) is 6.51. The Morgan fingerprint density at radius 1 is 1.18 bits per heavy atom. The molecule has 28 heavy (non-hydrogen) atoms. The van der Waals surface area contributed by atoms with Gasteiger partial charge in [-0.25, -0.2) is 8.78 Å². The molecule has 1 aliphatic heterocycles. The molecule has 1 atom stereocenters. The molecule has 146 valence electrons. The quantitative estimate of drug-likeness (QED) is 0.630. The average Bonchev–Trinajstić information content (AvgIpc) is 3.37. The summed E-state index contributed by atoms with van der Waals surface area (Å²) < 4.78 is 46.1. The fraction of sp³-hybridized carbons (Fsp3) is 0.286. The molecule has 5 nitrogen and oxygen atoms in total. The van der Waals surface area contributed by atoms with E-state index in [1.54, 1.807) is 30.1 Å². The summed E-state index contributed by atoms with van der Waals surface area (Å²) >= 11 is 0. The maximum absolute atomic E-state index is 14.1. The van der Waals surface area contributed by atoms with Crippen molar-refractivity contribution in [2.24, 2.45) is 0 Å². The number of nitrogens with zero attached hydrogens (tertiary/aromatic N) is 2. The van der Waals surface area contributed by atoms with E-state index >= 15 is 0 Å². The van der Waals surface area contributed by atoms with Gasteiger partial charge in [-0.1, -0.05) is 12.1 Å². The predicted octanol–water partition coefficient (Wildman–Crippen LogP) is 4.40. The molecule has 0 aliphatic carbocycles. The maximum Gasteiger partial charge on any atom is 0.200 e. The van der Waals surface area contributed by atoms with Crippen molar-refractivity contribution in [1.29, 1.82) is 0 Å². The average molecular weight is 386 g/mol. The summed E-state index contributed by atoms with van der Waals surface area (Å²) in [5.41, 5.74) is 1.81. The largest absolute Gasteiger partial charge is 0.493 e. The van der Waals surface area contributed by atoms with Crippen LogP contribution < -0.4 is 9.47 Å². The number of aromatic nitrogens is 2. The molecule has 1 saturated heterocycles. The van der Waals surface area contributed by atoms with E-state index in [1.165, 1.54) is 6.07 Å². The van der Waals surface area contributed by atoms with Crippen molar-refractivity contribution in [1.82, 2.24) is 9.78 Å². The fourth-order valence-corrected chi connectivity index (χ4v) is 3.25. The van der Waals surface area contributed by atoms with Crippen LogP contribution in [0.1, 0.15) is 18.4 Å². The smallest absolute Gasteiger partial charge is 0.200 e. The highest BCUT2D eigenvalue weighted by molar-refractivity contribution is 5.64. The zero-order valence-electron chi connectivity index (χ0n) is 15.4. The van der Waals surface area contributed by atoms with Gasteiger partial charge in [-0.15, -0.1) is 0 Å². The normalized spacial score (nSPS) is 16.3. The molecule has 0 N–H and O–H groups in total. The van der Waals surface area contributed by atoms with Crippen LogP contribution in [0.25, 0.3) is 11.3 Å². The summed E-state index contributed by atoms with van der Waals surface area (Å²) in [6, 6.07) is 11.5. The Morgan fingerprint density at radius 2 is 2.07 bits per heavy atom. The van der Waals surface area contributed by atoms with E-state index in [0.29, 0.717) is 18.1 Å². The van der Waals surface area contributed by atoms with Crippen LogP contribution in [0.5, 0.6) is 11.5 Å². The molecule has 0 amide bonds. The van der Waals surface area contributed by atoms with Crippen LogP contribution in [0, 0.1) is 11.6 Å². The molecule has 4 rings (SSSR count). The first-order valence-corrected chi connectivity index (χ1v) is 9.07. The molecular formula is C21H20F2N2O3. The van der Waals surface area contributed by atoms with Gasteiger partial charge >= 0.3 is 0 Å². The zero-order chi connectivity index (χ0) is 19.5. The van der Waals surface area contributed by atoms with Gasteiger partial charge in [0.15, 0.2) is 29.4 Å². The third-order valence-corrected chi connectivity index (χ3v) is 4.67. The van der Waals surface area contributed by atoms with Crippen molar-refractivity contribution in [3.63, 3.8) is 0 Å². The molecule has 0 saturated carbocycles. The highest BCUT2D eigenvalue weighted by Gasteiger charge is 2.20. The van der Waals surface area contributed by atoms with Crippen LogP contribution in [-0.4, -0.2) is 29.8 Å². The van der Waals surface area contributed by atoms with Crippen LogP contribution >= 0.6 is 0 Å². The first kappa shape index (κ1) is 18.4. The summed E-state index contributed by atoms with van der Waals surface area (Å²) in [7, 11) is 1.58. The van der Waals surface area contributed by atoms with Crippen molar-refractivity contribution in [3.05, 3.63) is 65.9 Å². The van der Waals surface area contributed by atoms with Gasteiger partial charge in [0.1, 0.15) is 0 Å². The van der Waals surface area contributed by atoms with E-state index in [0.717, 1.165) is 30.2 Å². The molecule has 0 unspecified atom stereocenters. The van der Waals surface area contributed by atoms with Crippen LogP contribution in [0.15, 0.2) is 48.7 Å². The van der Waals surface area contributed by atoms with Gasteiger partial charge in [0, 0.05) is 23.7 Å². The molecule has 3 aromatic rings. The Bertz CT molecular complexity index is 968. The molecule has 0 bridgehead atoms. The minimum absolute atomic E-state index is 0.111. The van der Waals surface area contributed by atoms with Gasteiger partial charge in [0.25, 0.3) is 0 Å². The number of halogens is 2. The monoisotopic (exact) mass is 386 g/mol. The lowest BCUT2D eigenvalue weighted by Crippen LogP contribution is -2.14. The number of ether oxygens (including phenoxy) is 3. The predicted molar refractivity (Wildman–Crippen MR) is 99.3 cm³/mol. The standard InChI is InChI=1S/C21H20F2N2O3/c1-26-18-8-7-14(12-19(18)28-20-6-3-11-27-20)17-9-10-24-25(17)13-15-4-2-5-16(22)21(15)23/h2,4-5,7-10,12,20H,3,6,11,13H2,1H3/t20-/m0/s1. The molecule has 7 heteroatoms. The molecule has 2 heterocycles. The summed E-state index contributed by atoms with van der Waals surface area (Å²) in [5, 5.41) is 4.26. The SMILES string of the molecule is COc1ccc(-c2ccnn2Cc2cccc(F)c2F)cc1O[C@H]1CCCO1. The van der Waals surface area contributed by atoms with Crippen molar-refractivity contribution in [2.75, 3.05) is 13.7 Å². The van der Waals surface area contributed by atoms with E-state index in [-0.39, 0.29) is 18.4 Å². The van der Waals surface area contributed by atoms with Crippen LogP contribution in [0.2, 0.25) is 0 Å². The highest BCUT2D eigenvalue weighted by atomic mass is 19.2. The molecule has 1 fully saturated rings. The van der Waals surface area contributed by atoms with Crippen LogP contribution in [0.4, 0.5) is 8.78 Å². The summed E-state index contributed by atoms with van der Waals surface area (Å²) in [4.78, 5) is 0. The van der Waals surface area contributed by atoms with E-state index < -0.39 is 11.6 Å². The fourth-order valence-electron chi connectivity index (χ4n) is 3.25. The van der Waals surface area contributed by atoms with E-state index in [2.05, 4.69) is 5.10 Å².